The largest absolute Gasteiger partial charge is 0.352 e. The topological polar surface area (TPSA) is 29.1 Å². The first-order chi connectivity index (χ1) is 7.06. The van der Waals surface area contributed by atoms with Crippen molar-refractivity contribution in [3.8, 4) is 0 Å². The van der Waals surface area contributed by atoms with Gasteiger partial charge < -0.3 is 5.32 Å². The zero-order valence-corrected chi connectivity index (χ0v) is 8.87. The van der Waals surface area contributed by atoms with Crippen LogP contribution in [0.5, 0.6) is 0 Å². The maximum atomic E-state index is 13.3. The van der Waals surface area contributed by atoms with Gasteiger partial charge in [0, 0.05) is 24.6 Å². The Labute approximate surface area is 91.2 Å². The van der Waals surface area contributed by atoms with Crippen LogP contribution < -0.4 is 5.32 Å². The average Bonchev–Trinajstić information content (AvgIpc) is 2.20. The summed E-state index contributed by atoms with van der Waals surface area (Å²) in [5.41, 5.74) is 0.220. The minimum absolute atomic E-state index is 0.0271. The third kappa shape index (κ3) is 2.89. The number of halogens is 3. The molecule has 0 spiro atoms. The molecule has 0 bridgehead atoms. The highest BCUT2D eigenvalue weighted by Crippen LogP contribution is 2.17. The molecule has 5 heteroatoms. The molecule has 0 aliphatic carbocycles. The fraction of sp³-hybridized carbons (Fsp3) is 0.300. The lowest BCUT2D eigenvalue weighted by Gasteiger charge is -2.07. The Morgan fingerprint density at radius 1 is 1.33 bits per heavy atom. The number of rotatable bonds is 3. The van der Waals surface area contributed by atoms with Gasteiger partial charge in [-0.3, -0.25) is 4.79 Å². The summed E-state index contributed by atoms with van der Waals surface area (Å²) in [5, 5.41) is 2.39. The molecule has 0 heterocycles. The molecule has 0 unspecified atom stereocenters. The van der Waals surface area contributed by atoms with E-state index in [9.17, 15) is 13.6 Å². The summed E-state index contributed by atoms with van der Waals surface area (Å²) in [6.45, 7) is 1.28. The minimum atomic E-state index is -0.957. The standard InChI is InChI=1S/C10H10ClF2NO/c1-6(15)14-5-8-3-2-7(4-11)9(12)10(8)13/h2-3H,4-5H2,1H3,(H,14,15). The van der Waals surface area contributed by atoms with Crippen molar-refractivity contribution < 1.29 is 13.6 Å². The third-order valence-corrected chi connectivity index (χ3v) is 2.20. The molecule has 0 radical (unpaired) electrons. The Morgan fingerprint density at radius 2 is 1.87 bits per heavy atom. The van der Waals surface area contributed by atoms with Gasteiger partial charge in [0.25, 0.3) is 0 Å². The summed E-state index contributed by atoms with van der Waals surface area (Å²) >= 11 is 5.41. The predicted octanol–water partition coefficient (Wildman–Crippen LogP) is 2.34. The molecule has 2 nitrogen and oxygen atoms in total. The number of alkyl halides is 1. The van der Waals surface area contributed by atoms with Gasteiger partial charge in [-0.2, -0.15) is 0 Å². The molecule has 0 aliphatic heterocycles. The number of amides is 1. The van der Waals surface area contributed by atoms with Gasteiger partial charge in [0.05, 0.1) is 5.88 Å². The van der Waals surface area contributed by atoms with Crippen molar-refractivity contribution in [2.24, 2.45) is 0 Å². The molecule has 1 aromatic carbocycles. The van der Waals surface area contributed by atoms with E-state index >= 15 is 0 Å². The zero-order valence-electron chi connectivity index (χ0n) is 8.11. The molecule has 0 saturated heterocycles. The Morgan fingerprint density at radius 3 is 2.40 bits per heavy atom. The second kappa shape index (κ2) is 5.07. The number of carbonyl (C=O) groups excluding carboxylic acids is 1. The first-order valence-corrected chi connectivity index (χ1v) is 4.86. The smallest absolute Gasteiger partial charge is 0.217 e. The van der Waals surface area contributed by atoms with Crippen LogP contribution in [-0.4, -0.2) is 5.91 Å². The predicted molar refractivity (Wildman–Crippen MR) is 53.4 cm³/mol. The normalized spacial score (nSPS) is 10.1. The molecule has 0 aromatic heterocycles. The Hall–Kier alpha value is -1.16. The summed E-state index contributed by atoms with van der Waals surface area (Å²) in [7, 11) is 0. The summed E-state index contributed by atoms with van der Waals surface area (Å²) in [6, 6.07) is 2.81. The maximum Gasteiger partial charge on any atom is 0.217 e. The van der Waals surface area contributed by atoms with Crippen molar-refractivity contribution >= 4 is 17.5 Å². The van der Waals surface area contributed by atoms with Gasteiger partial charge in [0.1, 0.15) is 0 Å². The van der Waals surface area contributed by atoms with Crippen LogP contribution in [0.25, 0.3) is 0 Å². The molecule has 0 saturated carbocycles. The monoisotopic (exact) mass is 233 g/mol. The third-order valence-electron chi connectivity index (χ3n) is 1.91. The molecule has 82 valence electrons. The van der Waals surface area contributed by atoms with E-state index in [2.05, 4.69) is 5.32 Å². The van der Waals surface area contributed by atoms with Gasteiger partial charge in [-0.05, 0) is 0 Å². The van der Waals surface area contributed by atoms with E-state index < -0.39 is 11.6 Å². The van der Waals surface area contributed by atoms with Gasteiger partial charge in [0.2, 0.25) is 5.91 Å². The van der Waals surface area contributed by atoms with Gasteiger partial charge in [-0.15, -0.1) is 11.6 Å². The fourth-order valence-corrected chi connectivity index (χ4v) is 1.30. The van der Waals surface area contributed by atoms with Gasteiger partial charge in [0.15, 0.2) is 11.6 Å². The molecule has 1 N–H and O–H groups in total. The van der Waals surface area contributed by atoms with E-state index in [1.807, 2.05) is 0 Å². The molecule has 0 aliphatic rings. The van der Waals surface area contributed by atoms with Crippen LogP contribution in [0.4, 0.5) is 8.78 Å². The molecule has 1 aromatic rings. The van der Waals surface area contributed by atoms with Crippen LogP contribution in [-0.2, 0) is 17.2 Å². The Kier molecular flexibility index (Phi) is 4.03. The summed E-state index contributed by atoms with van der Waals surface area (Å²) in [6.07, 6.45) is 0. The van der Waals surface area contributed by atoms with Crippen LogP contribution in [0.15, 0.2) is 12.1 Å². The Balaban J connectivity index is 2.91. The molecule has 15 heavy (non-hydrogen) atoms. The van der Waals surface area contributed by atoms with Crippen molar-refractivity contribution in [2.45, 2.75) is 19.3 Å². The van der Waals surface area contributed by atoms with Crippen molar-refractivity contribution in [3.05, 3.63) is 34.9 Å². The second-order valence-electron chi connectivity index (χ2n) is 3.06. The lowest BCUT2D eigenvalue weighted by molar-refractivity contribution is -0.119. The maximum absolute atomic E-state index is 13.3. The summed E-state index contributed by atoms with van der Waals surface area (Å²) in [5.74, 6) is -2.28. The van der Waals surface area contributed by atoms with E-state index in [4.69, 9.17) is 11.6 Å². The SMILES string of the molecule is CC(=O)NCc1ccc(CCl)c(F)c1F. The number of benzene rings is 1. The van der Waals surface area contributed by atoms with E-state index in [-0.39, 0.29) is 29.5 Å². The zero-order chi connectivity index (χ0) is 11.4. The van der Waals surface area contributed by atoms with Crippen molar-refractivity contribution in [3.63, 3.8) is 0 Å². The van der Waals surface area contributed by atoms with Crippen LogP contribution in [0.2, 0.25) is 0 Å². The minimum Gasteiger partial charge on any atom is -0.352 e. The second-order valence-corrected chi connectivity index (χ2v) is 3.32. The molecule has 0 atom stereocenters. The van der Waals surface area contributed by atoms with Crippen LogP contribution in [0.1, 0.15) is 18.1 Å². The van der Waals surface area contributed by atoms with Gasteiger partial charge in [-0.25, -0.2) is 8.78 Å². The van der Waals surface area contributed by atoms with Gasteiger partial charge in [-0.1, -0.05) is 12.1 Å². The first-order valence-electron chi connectivity index (χ1n) is 4.32. The highest BCUT2D eigenvalue weighted by atomic mass is 35.5. The van der Waals surface area contributed by atoms with E-state index in [1.165, 1.54) is 19.1 Å². The molecule has 1 rings (SSSR count). The average molecular weight is 234 g/mol. The number of hydrogen-bond acceptors (Lipinski definition) is 1. The lowest BCUT2D eigenvalue weighted by atomic mass is 10.1. The quantitative estimate of drug-likeness (QED) is 0.798. The van der Waals surface area contributed by atoms with E-state index in [1.54, 1.807) is 0 Å². The molecule has 0 fully saturated rings. The molecular formula is C10H10ClF2NO. The number of nitrogens with one attached hydrogen (secondary N) is 1. The van der Waals surface area contributed by atoms with Crippen molar-refractivity contribution in [1.29, 1.82) is 0 Å². The highest BCUT2D eigenvalue weighted by molar-refractivity contribution is 6.17. The Bertz CT molecular complexity index is 382. The highest BCUT2D eigenvalue weighted by Gasteiger charge is 2.12. The van der Waals surface area contributed by atoms with Crippen LogP contribution >= 0.6 is 11.6 Å². The van der Waals surface area contributed by atoms with Crippen LogP contribution in [0, 0.1) is 11.6 Å². The van der Waals surface area contributed by atoms with Gasteiger partial charge >= 0.3 is 0 Å². The number of carbonyl (C=O) groups is 1. The van der Waals surface area contributed by atoms with E-state index in [0.717, 1.165) is 0 Å². The first kappa shape index (κ1) is 11.9. The molecular weight excluding hydrogens is 224 g/mol. The summed E-state index contributed by atoms with van der Waals surface area (Å²) in [4.78, 5) is 10.6. The van der Waals surface area contributed by atoms with Crippen LogP contribution in [0.3, 0.4) is 0 Å². The lowest BCUT2D eigenvalue weighted by Crippen LogP contribution is -2.20. The van der Waals surface area contributed by atoms with Crippen molar-refractivity contribution in [2.75, 3.05) is 0 Å². The van der Waals surface area contributed by atoms with E-state index in [0.29, 0.717) is 0 Å². The fourth-order valence-electron chi connectivity index (χ4n) is 1.09. The molecule has 1 amide bonds. The summed E-state index contributed by atoms with van der Waals surface area (Å²) < 4.78 is 26.5. The number of hydrogen-bond donors (Lipinski definition) is 1. The van der Waals surface area contributed by atoms with Crippen molar-refractivity contribution in [1.82, 2.24) is 5.32 Å².